The fourth-order valence-electron chi connectivity index (χ4n) is 5.74. The minimum absolute atomic E-state index is 0.0331. The average Bonchev–Trinajstić information content (AvgIpc) is 3.32. The predicted molar refractivity (Wildman–Crippen MR) is 155 cm³/mol. The van der Waals surface area contributed by atoms with Crippen LogP contribution in [0, 0.1) is 5.92 Å². The molecule has 2 aliphatic rings. The molecule has 12 nitrogen and oxygen atoms in total. The van der Waals surface area contributed by atoms with Gasteiger partial charge in [-0.05, 0) is 43.4 Å². The minimum Gasteiger partial charge on any atom is -0.480 e. The number of nitrogens with one attached hydrogen (secondary N) is 1. The molecule has 226 valence electrons. The topological polar surface area (TPSA) is 180 Å². The van der Waals surface area contributed by atoms with Crippen LogP contribution in [0.4, 0.5) is 0 Å². The van der Waals surface area contributed by atoms with E-state index in [1.54, 1.807) is 17.6 Å². The van der Waals surface area contributed by atoms with Gasteiger partial charge in [-0.25, -0.2) is 14.6 Å². The number of cyclic esters (lactones) is 1. The minimum atomic E-state index is -1.92. The van der Waals surface area contributed by atoms with E-state index in [-0.39, 0.29) is 42.1 Å². The Kier molecular flexibility index (Phi) is 8.06. The van der Waals surface area contributed by atoms with E-state index in [1.165, 1.54) is 0 Å². The Bertz CT molecular complexity index is 1700. The van der Waals surface area contributed by atoms with Crippen molar-refractivity contribution in [3.05, 3.63) is 63.4 Å². The highest BCUT2D eigenvalue weighted by Crippen LogP contribution is 2.41. The molecule has 0 fully saturated rings. The van der Waals surface area contributed by atoms with Crippen molar-refractivity contribution in [2.24, 2.45) is 11.7 Å². The molecule has 0 saturated carbocycles. The number of hydrogen-bond acceptors (Lipinski definition) is 9. The van der Waals surface area contributed by atoms with Crippen molar-refractivity contribution >= 4 is 34.7 Å². The molecule has 0 radical (unpaired) electrons. The number of carboxylic acid groups (broad SMARTS) is 1. The summed E-state index contributed by atoms with van der Waals surface area (Å²) in [5, 5.41) is 12.9. The third-order valence-corrected chi connectivity index (χ3v) is 7.99. The second-order valence-electron chi connectivity index (χ2n) is 11.4. The van der Waals surface area contributed by atoms with Crippen LogP contribution in [-0.4, -0.2) is 50.6 Å². The molecule has 2 aliphatic heterocycles. The summed E-state index contributed by atoms with van der Waals surface area (Å²) in [5.74, 6) is -3.57. The van der Waals surface area contributed by atoms with Gasteiger partial charge in [0.25, 0.3) is 5.56 Å². The van der Waals surface area contributed by atoms with Crippen LogP contribution in [0.3, 0.4) is 0 Å². The van der Waals surface area contributed by atoms with Crippen LogP contribution in [0.15, 0.2) is 41.2 Å². The molecule has 1 aromatic carbocycles. The van der Waals surface area contributed by atoms with Gasteiger partial charge in [0, 0.05) is 22.9 Å². The number of pyridine rings is 2. The maximum atomic E-state index is 13.7. The molecule has 4 N–H and O–H groups in total. The molecule has 0 aliphatic carbocycles. The van der Waals surface area contributed by atoms with E-state index >= 15 is 0 Å². The molecule has 0 saturated heterocycles. The fourth-order valence-corrected chi connectivity index (χ4v) is 5.74. The quantitative estimate of drug-likeness (QED) is 0.232. The Morgan fingerprint density at radius 2 is 1.95 bits per heavy atom. The van der Waals surface area contributed by atoms with Crippen LogP contribution in [0.5, 0.6) is 0 Å². The van der Waals surface area contributed by atoms with Crippen LogP contribution < -0.4 is 16.6 Å². The van der Waals surface area contributed by atoms with E-state index in [0.717, 1.165) is 16.5 Å². The van der Waals surface area contributed by atoms with Crippen molar-refractivity contribution in [1.82, 2.24) is 14.9 Å². The van der Waals surface area contributed by atoms with Crippen LogP contribution in [-0.2, 0) is 47.4 Å². The first kappa shape index (κ1) is 29.9. The van der Waals surface area contributed by atoms with Crippen LogP contribution in [0.25, 0.3) is 22.3 Å². The molecule has 0 unspecified atom stereocenters. The molecular formula is C31H34N4O8. The number of hydrogen-bond donors (Lipinski definition) is 3. The molecule has 3 aromatic rings. The van der Waals surface area contributed by atoms with Gasteiger partial charge in [0.1, 0.15) is 12.6 Å². The number of aliphatic carboxylic acids is 1. The number of carboxylic acids is 1. The summed E-state index contributed by atoms with van der Waals surface area (Å²) in [5.41, 5.74) is 6.70. The molecule has 12 heteroatoms. The molecule has 0 spiro atoms. The normalized spacial score (nSPS) is 18.3. The van der Waals surface area contributed by atoms with E-state index in [2.05, 4.69) is 5.32 Å². The molecular weight excluding hydrogens is 556 g/mol. The Morgan fingerprint density at radius 1 is 1.21 bits per heavy atom. The van der Waals surface area contributed by atoms with Crippen molar-refractivity contribution < 1.29 is 33.8 Å². The molecule has 3 atom stereocenters. The van der Waals surface area contributed by atoms with Crippen LogP contribution in [0.1, 0.15) is 63.1 Å². The zero-order valence-corrected chi connectivity index (χ0v) is 24.2. The summed E-state index contributed by atoms with van der Waals surface area (Å²) in [6, 6.07) is 8.93. The Morgan fingerprint density at radius 3 is 2.65 bits per heavy atom. The summed E-state index contributed by atoms with van der Waals surface area (Å²) < 4.78 is 12.7. The maximum absolute atomic E-state index is 13.7. The highest BCUT2D eigenvalue weighted by molar-refractivity contribution is 5.89. The number of benzene rings is 1. The number of esters is 2. The summed E-state index contributed by atoms with van der Waals surface area (Å²) in [4.78, 5) is 69.0. The standard InChI is InChI=1S/C31H34N4O8/c1-4-31(43-25(36)10-9-23(29(39)40)34-27(37)21(32)11-16(2)3)20-13-24-26-18(12-17-7-5-6-8-22(17)33-26)14-35(24)28(38)19(20)15-42-30(31)41/h5-8,12-13,16,21,23H,4,9-11,14-15,32H2,1-3H3,(H,34,37)(H,39,40)/t21-,23+,31+/m1/s1. The maximum Gasteiger partial charge on any atom is 0.355 e. The average molecular weight is 591 g/mol. The largest absolute Gasteiger partial charge is 0.480 e. The van der Waals surface area contributed by atoms with E-state index in [4.69, 9.17) is 20.2 Å². The molecule has 4 heterocycles. The molecule has 5 rings (SSSR count). The second-order valence-corrected chi connectivity index (χ2v) is 11.4. The summed E-state index contributed by atoms with van der Waals surface area (Å²) in [6.07, 6.45) is -0.399. The van der Waals surface area contributed by atoms with Crippen molar-refractivity contribution in [1.29, 1.82) is 0 Å². The summed E-state index contributed by atoms with van der Waals surface area (Å²) in [7, 11) is 0. The van der Waals surface area contributed by atoms with Crippen molar-refractivity contribution in [3.63, 3.8) is 0 Å². The van der Waals surface area contributed by atoms with E-state index in [0.29, 0.717) is 24.4 Å². The van der Waals surface area contributed by atoms with E-state index in [9.17, 15) is 29.1 Å². The third kappa shape index (κ3) is 5.50. The van der Waals surface area contributed by atoms with Crippen molar-refractivity contribution in [2.75, 3.05) is 0 Å². The van der Waals surface area contributed by atoms with Gasteiger partial charge in [-0.3, -0.25) is 14.4 Å². The highest BCUT2D eigenvalue weighted by atomic mass is 16.6. The number of carbonyl (C=O) groups excluding carboxylic acids is 3. The van der Waals surface area contributed by atoms with Gasteiger partial charge in [-0.2, -0.15) is 0 Å². The van der Waals surface area contributed by atoms with Crippen molar-refractivity contribution in [2.45, 2.75) is 77.3 Å². The predicted octanol–water partition coefficient (Wildman–Crippen LogP) is 2.35. The number of nitrogens with two attached hydrogens (primary N) is 1. The van der Waals surface area contributed by atoms with Gasteiger partial charge < -0.3 is 30.2 Å². The number of para-hydroxylation sites is 1. The highest BCUT2D eigenvalue weighted by Gasteiger charge is 2.50. The second kappa shape index (κ2) is 11.6. The number of ether oxygens (including phenoxy) is 2. The van der Waals surface area contributed by atoms with Crippen LogP contribution in [0.2, 0.25) is 0 Å². The van der Waals surface area contributed by atoms with Crippen LogP contribution >= 0.6 is 0 Å². The van der Waals surface area contributed by atoms with E-state index in [1.807, 2.05) is 44.2 Å². The Hall–Kier alpha value is -4.58. The fraction of sp³-hybridized carbons (Fsp3) is 0.419. The molecule has 0 bridgehead atoms. The molecule has 1 amide bonds. The lowest BCUT2D eigenvalue weighted by atomic mass is 9.85. The molecule has 2 aromatic heterocycles. The lowest BCUT2D eigenvalue weighted by Gasteiger charge is -2.35. The van der Waals surface area contributed by atoms with Gasteiger partial charge in [0.2, 0.25) is 11.5 Å². The first-order valence-electron chi connectivity index (χ1n) is 14.3. The summed E-state index contributed by atoms with van der Waals surface area (Å²) in [6.45, 7) is 5.42. The van der Waals surface area contributed by atoms with Gasteiger partial charge in [0.15, 0.2) is 0 Å². The number of amides is 1. The first-order valence-corrected chi connectivity index (χ1v) is 14.3. The molecule has 43 heavy (non-hydrogen) atoms. The Labute approximate surface area is 247 Å². The van der Waals surface area contributed by atoms with Crippen molar-refractivity contribution in [3.8, 4) is 11.4 Å². The first-order chi connectivity index (χ1) is 20.4. The van der Waals surface area contributed by atoms with Gasteiger partial charge in [-0.1, -0.05) is 39.0 Å². The third-order valence-electron chi connectivity index (χ3n) is 7.99. The van der Waals surface area contributed by atoms with Gasteiger partial charge >= 0.3 is 17.9 Å². The smallest absolute Gasteiger partial charge is 0.355 e. The lowest BCUT2D eigenvalue weighted by Crippen LogP contribution is -2.49. The number of nitrogens with zero attached hydrogens (tertiary/aromatic N) is 2. The zero-order chi connectivity index (χ0) is 31.1. The SMILES string of the molecule is CC[C@@]1(OC(=O)CC[C@H](NC(=O)[C@H](N)CC(C)C)C(=O)O)C(=O)OCc2c1cc1n(c2=O)Cc2cc3ccccc3nc2-1. The summed E-state index contributed by atoms with van der Waals surface area (Å²) >= 11 is 0. The number of rotatable bonds is 10. The van der Waals surface area contributed by atoms with E-state index < -0.39 is 47.9 Å². The Balaban J connectivity index is 1.42. The number of aromatic nitrogens is 2. The van der Waals surface area contributed by atoms with Gasteiger partial charge in [0.05, 0.1) is 35.1 Å². The van der Waals surface area contributed by atoms with Gasteiger partial charge in [-0.15, -0.1) is 0 Å². The lowest BCUT2D eigenvalue weighted by molar-refractivity contribution is -0.189. The monoisotopic (exact) mass is 590 g/mol. The zero-order valence-electron chi connectivity index (χ0n) is 24.2. The number of carbonyl (C=O) groups is 4. The number of fused-ring (bicyclic) bond motifs is 5.